The zero-order valence-corrected chi connectivity index (χ0v) is 7.57. The maximum Gasteiger partial charge on any atom is 0.256 e. The van der Waals surface area contributed by atoms with Crippen molar-refractivity contribution in [3.63, 3.8) is 0 Å². The van der Waals surface area contributed by atoms with Crippen LogP contribution in [-0.2, 0) is 7.05 Å². The summed E-state index contributed by atoms with van der Waals surface area (Å²) in [6.07, 6.45) is 1.41. The second-order valence-corrected chi connectivity index (χ2v) is 2.39. The van der Waals surface area contributed by atoms with Crippen molar-refractivity contribution in [2.24, 2.45) is 7.05 Å². The Morgan fingerprint density at radius 3 is 3.08 bits per heavy atom. The van der Waals surface area contributed by atoms with E-state index in [1.165, 1.54) is 17.0 Å². The van der Waals surface area contributed by atoms with Gasteiger partial charge in [-0.15, -0.1) is 5.92 Å². The number of aromatic nitrogens is 2. The number of aryl methyl sites for hydroxylation is 1. The highest BCUT2D eigenvalue weighted by atomic mass is 16.5. The molecule has 1 aromatic heterocycles. The van der Waals surface area contributed by atoms with Gasteiger partial charge in [-0.2, -0.15) is 0 Å². The molecule has 4 heteroatoms. The maximum absolute atomic E-state index is 11.1. The quantitative estimate of drug-likeness (QED) is 0.607. The molecule has 13 heavy (non-hydrogen) atoms. The lowest BCUT2D eigenvalue weighted by molar-refractivity contribution is 0.352. The van der Waals surface area contributed by atoms with Crippen LogP contribution in [0.2, 0.25) is 0 Å². The summed E-state index contributed by atoms with van der Waals surface area (Å²) < 4.78 is 6.46. The predicted octanol–water partition coefficient (Wildman–Crippen LogP) is 0.182. The van der Waals surface area contributed by atoms with Gasteiger partial charge < -0.3 is 9.30 Å². The fourth-order valence-electron chi connectivity index (χ4n) is 0.706. The van der Waals surface area contributed by atoms with Gasteiger partial charge in [-0.25, -0.2) is 4.98 Å². The third-order valence-corrected chi connectivity index (χ3v) is 1.42. The van der Waals surface area contributed by atoms with Crippen molar-refractivity contribution in [2.45, 2.75) is 6.92 Å². The van der Waals surface area contributed by atoms with Crippen molar-refractivity contribution in [3.05, 3.63) is 22.7 Å². The van der Waals surface area contributed by atoms with Gasteiger partial charge in [0.2, 0.25) is 5.88 Å². The van der Waals surface area contributed by atoms with Crippen LogP contribution in [0.3, 0.4) is 0 Å². The van der Waals surface area contributed by atoms with Crippen LogP contribution >= 0.6 is 0 Å². The topological polar surface area (TPSA) is 44.1 Å². The highest BCUT2D eigenvalue weighted by Crippen LogP contribution is 1.98. The molecule has 0 N–H and O–H groups in total. The average Bonchev–Trinajstić information content (AvgIpc) is 2.12. The summed E-state index contributed by atoms with van der Waals surface area (Å²) in [5.41, 5.74) is -0.144. The Hall–Kier alpha value is -1.76. The van der Waals surface area contributed by atoms with E-state index in [1.54, 1.807) is 14.0 Å². The van der Waals surface area contributed by atoms with Gasteiger partial charge in [0.05, 0.1) is 6.07 Å². The highest BCUT2D eigenvalue weighted by molar-refractivity contribution is 5.07. The van der Waals surface area contributed by atoms with E-state index >= 15 is 0 Å². The van der Waals surface area contributed by atoms with Crippen LogP contribution in [-0.4, -0.2) is 16.2 Å². The average molecular weight is 178 g/mol. The van der Waals surface area contributed by atoms with Gasteiger partial charge in [-0.05, 0) is 6.92 Å². The normalized spacial score (nSPS) is 8.77. The van der Waals surface area contributed by atoms with Gasteiger partial charge >= 0.3 is 0 Å². The molecule has 0 bridgehead atoms. The first-order valence-electron chi connectivity index (χ1n) is 3.79. The molecule has 0 atom stereocenters. The summed E-state index contributed by atoms with van der Waals surface area (Å²) in [6.45, 7) is 1.98. The monoisotopic (exact) mass is 178 g/mol. The molecule has 0 aliphatic carbocycles. The van der Waals surface area contributed by atoms with Crippen molar-refractivity contribution < 1.29 is 4.74 Å². The summed E-state index contributed by atoms with van der Waals surface area (Å²) in [6, 6.07) is 1.33. The van der Waals surface area contributed by atoms with Gasteiger partial charge in [-0.3, -0.25) is 4.79 Å². The summed E-state index contributed by atoms with van der Waals surface area (Å²) in [7, 11) is 1.63. The summed E-state index contributed by atoms with van der Waals surface area (Å²) in [5, 5.41) is 0. The molecule has 0 amide bonds. The van der Waals surface area contributed by atoms with E-state index in [4.69, 9.17) is 4.74 Å². The van der Waals surface area contributed by atoms with Gasteiger partial charge in [0, 0.05) is 7.05 Å². The van der Waals surface area contributed by atoms with E-state index in [2.05, 4.69) is 16.8 Å². The number of nitrogens with zero attached hydrogens (tertiary/aromatic N) is 2. The minimum absolute atomic E-state index is 0.144. The number of hydrogen-bond donors (Lipinski definition) is 0. The van der Waals surface area contributed by atoms with Crippen molar-refractivity contribution >= 4 is 0 Å². The number of rotatable bonds is 2. The minimum atomic E-state index is -0.144. The van der Waals surface area contributed by atoms with Crippen LogP contribution in [0.15, 0.2) is 17.2 Å². The molecule has 0 aliphatic rings. The first-order chi connectivity index (χ1) is 6.24. The standard InChI is InChI=1S/C9H10N2O2/c1-3-4-5-13-8-6-9(12)11(2)7-10-8/h6-7H,5H2,1-2H3. The number of hydrogen-bond acceptors (Lipinski definition) is 3. The largest absolute Gasteiger partial charge is 0.464 e. The molecular weight excluding hydrogens is 168 g/mol. The molecule has 1 aromatic rings. The Balaban J connectivity index is 2.72. The van der Waals surface area contributed by atoms with Crippen molar-refractivity contribution in [1.82, 2.24) is 9.55 Å². The van der Waals surface area contributed by atoms with Crippen LogP contribution in [0.4, 0.5) is 0 Å². The maximum atomic E-state index is 11.1. The SMILES string of the molecule is CC#CCOc1cc(=O)n(C)cn1. The molecule has 0 unspecified atom stereocenters. The zero-order chi connectivity index (χ0) is 9.68. The zero-order valence-electron chi connectivity index (χ0n) is 7.57. The molecule has 1 rings (SSSR count). The third kappa shape index (κ3) is 2.64. The lowest BCUT2D eigenvalue weighted by Gasteiger charge is -2.00. The van der Waals surface area contributed by atoms with E-state index in [-0.39, 0.29) is 12.2 Å². The van der Waals surface area contributed by atoms with E-state index in [9.17, 15) is 4.79 Å². The van der Waals surface area contributed by atoms with Crippen LogP contribution < -0.4 is 10.3 Å². The second kappa shape index (κ2) is 4.31. The van der Waals surface area contributed by atoms with Gasteiger partial charge in [-0.1, -0.05) is 5.92 Å². The van der Waals surface area contributed by atoms with E-state index in [0.29, 0.717) is 5.88 Å². The molecule has 0 aromatic carbocycles. The molecule has 0 fully saturated rings. The van der Waals surface area contributed by atoms with E-state index < -0.39 is 0 Å². The fourth-order valence-corrected chi connectivity index (χ4v) is 0.706. The molecule has 0 radical (unpaired) electrons. The van der Waals surface area contributed by atoms with Crippen molar-refractivity contribution in [1.29, 1.82) is 0 Å². The third-order valence-electron chi connectivity index (χ3n) is 1.42. The lowest BCUT2D eigenvalue weighted by atomic mass is 10.6. The second-order valence-electron chi connectivity index (χ2n) is 2.39. The van der Waals surface area contributed by atoms with Gasteiger partial charge in [0.25, 0.3) is 5.56 Å². The Kier molecular flexibility index (Phi) is 3.09. The van der Waals surface area contributed by atoms with Crippen LogP contribution in [0.5, 0.6) is 5.88 Å². The summed E-state index contributed by atoms with van der Waals surface area (Å²) >= 11 is 0. The lowest BCUT2D eigenvalue weighted by Crippen LogP contribution is -2.16. The Morgan fingerprint density at radius 1 is 1.69 bits per heavy atom. The van der Waals surface area contributed by atoms with Crippen LogP contribution in [0.25, 0.3) is 0 Å². The molecule has 68 valence electrons. The number of ether oxygens (including phenoxy) is 1. The van der Waals surface area contributed by atoms with E-state index in [1.807, 2.05) is 0 Å². The predicted molar refractivity (Wildman–Crippen MR) is 48.4 cm³/mol. The molecule has 0 aliphatic heterocycles. The van der Waals surface area contributed by atoms with Crippen LogP contribution in [0.1, 0.15) is 6.92 Å². The smallest absolute Gasteiger partial charge is 0.256 e. The molecule has 0 spiro atoms. The summed E-state index contributed by atoms with van der Waals surface area (Å²) in [5.74, 6) is 5.70. The minimum Gasteiger partial charge on any atom is -0.464 e. The fraction of sp³-hybridized carbons (Fsp3) is 0.333. The Morgan fingerprint density at radius 2 is 2.46 bits per heavy atom. The Labute approximate surface area is 76.2 Å². The van der Waals surface area contributed by atoms with Crippen molar-refractivity contribution in [2.75, 3.05) is 6.61 Å². The highest BCUT2D eigenvalue weighted by Gasteiger charge is 1.95. The van der Waals surface area contributed by atoms with Crippen LogP contribution in [0, 0.1) is 11.8 Å². The molecule has 1 heterocycles. The molecule has 0 saturated carbocycles. The van der Waals surface area contributed by atoms with Gasteiger partial charge in [0.1, 0.15) is 6.33 Å². The van der Waals surface area contributed by atoms with E-state index in [0.717, 1.165) is 0 Å². The first-order valence-corrected chi connectivity index (χ1v) is 3.79. The Bertz CT molecular complexity index is 398. The molecular formula is C9H10N2O2. The van der Waals surface area contributed by atoms with Crippen molar-refractivity contribution in [3.8, 4) is 17.7 Å². The summed E-state index contributed by atoms with van der Waals surface area (Å²) in [4.78, 5) is 15.0. The first kappa shape index (κ1) is 9.33. The molecule has 0 saturated heterocycles. The molecule has 4 nitrogen and oxygen atoms in total. The van der Waals surface area contributed by atoms with Gasteiger partial charge in [0.15, 0.2) is 6.61 Å².